The number of aromatic nitrogens is 3. The predicted molar refractivity (Wildman–Crippen MR) is 75.4 cm³/mol. The van der Waals surface area contributed by atoms with Crippen LogP contribution in [0.3, 0.4) is 0 Å². The van der Waals surface area contributed by atoms with Gasteiger partial charge in [0.25, 0.3) is 0 Å². The summed E-state index contributed by atoms with van der Waals surface area (Å²) in [5.74, 6) is -0.201. The minimum atomic E-state index is -0.201. The number of fused-ring (bicyclic) bond motifs is 1. The van der Waals surface area contributed by atoms with E-state index >= 15 is 0 Å². The lowest BCUT2D eigenvalue weighted by Gasteiger charge is -2.03. The maximum absolute atomic E-state index is 13.1. The number of benzene rings is 1. The summed E-state index contributed by atoms with van der Waals surface area (Å²) in [4.78, 5) is 11.6. The first-order valence-corrected chi connectivity index (χ1v) is 6.74. The number of hydrogen-bond donors (Lipinski definition) is 1. The van der Waals surface area contributed by atoms with Crippen molar-refractivity contribution in [3.05, 3.63) is 58.3 Å². The predicted octanol–water partition coefficient (Wildman–Crippen LogP) is 3.64. The highest BCUT2D eigenvalue weighted by atomic mass is 79.9. The molecule has 19 heavy (non-hydrogen) atoms. The number of halogens is 2. The van der Waals surface area contributed by atoms with Crippen LogP contribution in [-0.2, 0) is 12.8 Å². The van der Waals surface area contributed by atoms with Gasteiger partial charge in [0.2, 0.25) is 0 Å². The number of nitrogens with zero attached hydrogens (tertiary/aromatic N) is 2. The quantitative estimate of drug-likeness (QED) is 0.800. The van der Waals surface area contributed by atoms with E-state index in [2.05, 4.69) is 30.9 Å². The molecule has 3 rings (SSSR count). The van der Waals surface area contributed by atoms with Crippen molar-refractivity contribution in [2.75, 3.05) is 0 Å². The SMILES string of the molecule is Fc1cccc(CCc2ncnc3[nH]cc(Br)c23)c1. The van der Waals surface area contributed by atoms with Gasteiger partial charge < -0.3 is 4.98 Å². The molecule has 0 aliphatic heterocycles. The molecule has 5 heteroatoms. The van der Waals surface area contributed by atoms with Crippen LogP contribution in [0.2, 0.25) is 0 Å². The van der Waals surface area contributed by atoms with Crippen LogP contribution >= 0.6 is 15.9 Å². The van der Waals surface area contributed by atoms with Crippen molar-refractivity contribution in [1.82, 2.24) is 15.0 Å². The second-order valence-electron chi connectivity index (χ2n) is 4.31. The van der Waals surface area contributed by atoms with E-state index in [0.29, 0.717) is 0 Å². The van der Waals surface area contributed by atoms with Gasteiger partial charge in [0.1, 0.15) is 17.8 Å². The normalized spacial score (nSPS) is 11.1. The summed E-state index contributed by atoms with van der Waals surface area (Å²) in [6.07, 6.45) is 4.90. The molecule has 0 unspecified atom stereocenters. The second kappa shape index (κ2) is 5.09. The third-order valence-corrected chi connectivity index (χ3v) is 3.67. The van der Waals surface area contributed by atoms with Gasteiger partial charge in [-0.2, -0.15) is 0 Å². The molecule has 0 saturated heterocycles. The van der Waals surface area contributed by atoms with Crippen molar-refractivity contribution in [3.8, 4) is 0 Å². The molecule has 3 nitrogen and oxygen atoms in total. The minimum Gasteiger partial charge on any atom is -0.345 e. The number of nitrogens with one attached hydrogen (secondary N) is 1. The zero-order valence-electron chi connectivity index (χ0n) is 10.0. The van der Waals surface area contributed by atoms with Crippen LogP contribution in [0.25, 0.3) is 11.0 Å². The monoisotopic (exact) mass is 319 g/mol. The smallest absolute Gasteiger partial charge is 0.142 e. The first kappa shape index (κ1) is 12.3. The summed E-state index contributed by atoms with van der Waals surface area (Å²) in [6, 6.07) is 6.67. The van der Waals surface area contributed by atoms with E-state index < -0.39 is 0 Å². The Morgan fingerprint density at radius 1 is 1.21 bits per heavy atom. The van der Waals surface area contributed by atoms with Gasteiger partial charge in [0.15, 0.2) is 0 Å². The van der Waals surface area contributed by atoms with E-state index in [0.717, 1.165) is 39.6 Å². The van der Waals surface area contributed by atoms with Crippen LogP contribution in [-0.4, -0.2) is 15.0 Å². The van der Waals surface area contributed by atoms with Crippen LogP contribution < -0.4 is 0 Å². The molecular formula is C14H11BrFN3. The summed E-state index contributed by atoms with van der Waals surface area (Å²) >= 11 is 3.48. The van der Waals surface area contributed by atoms with Gasteiger partial charge in [-0.05, 0) is 46.5 Å². The molecular weight excluding hydrogens is 309 g/mol. The lowest BCUT2D eigenvalue weighted by molar-refractivity contribution is 0.625. The summed E-state index contributed by atoms with van der Waals surface area (Å²) in [5.41, 5.74) is 2.75. The molecule has 96 valence electrons. The molecule has 2 heterocycles. The summed E-state index contributed by atoms with van der Waals surface area (Å²) in [6.45, 7) is 0. The Morgan fingerprint density at radius 3 is 2.95 bits per heavy atom. The van der Waals surface area contributed by atoms with Gasteiger partial charge in [0.05, 0.1) is 11.1 Å². The van der Waals surface area contributed by atoms with E-state index in [4.69, 9.17) is 0 Å². The topological polar surface area (TPSA) is 41.6 Å². The van der Waals surface area contributed by atoms with Crippen molar-refractivity contribution in [2.24, 2.45) is 0 Å². The number of hydrogen-bond acceptors (Lipinski definition) is 2. The number of aryl methyl sites for hydroxylation is 2. The Bertz CT molecular complexity index is 724. The average Bonchev–Trinajstić information content (AvgIpc) is 2.79. The largest absolute Gasteiger partial charge is 0.345 e. The number of H-pyrrole nitrogens is 1. The van der Waals surface area contributed by atoms with Crippen LogP contribution in [0.1, 0.15) is 11.3 Å². The Kier molecular flexibility index (Phi) is 3.29. The highest BCUT2D eigenvalue weighted by molar-refractivity contribution is 9.10. The zero-order valence-corrected chi connectivity index (χ0v) is 11.6. The molecule has 0 atom stereocenters. The molecule has 0 saturated carbocycles. The molecule has 3 aromatic rings. The molecule has 0 spiro atoms. The molecule has 1 aromatic carbocycles. The summed E-state index contributed by atoms with van der Waals surface area (Å²) < 4.78 is 14.1. The Balaban J connectivity index is 1.88. The minimum absolute atomic E-state index is 0.201. The van der Waals surface area contributed by atoms with Crippen molar-refractivity contribution in [1.29, 1.82) is 0 Å². The van der Waals surface area contributed by atoms with Gasteiger partial charge in [-0.3, -0.25) is 0 Å². The average molecular weight is 320 g/mol. The van der Waals surface area contributed by atoms with Crippen molar-refractivity contribution < 1.29 is 4.39 Å². The zero-order chi connectivity index (χ0) is 13.2. The fraction of sp³-hybridized carbons (Fsp3) is 0.143. The van der Waals surface area contributed by atoms with Crippen LogP contribution in [0.5, 0.6) is 0 Å². The second-order valence-corrected chi connectivity index (χ2v) is 5.16. The number of aromatic amines is 1. The lowest BCUT2D eigenvalue weighted by atomic mass is 10.1. The Hall–Kier alpha value is -1.75. The fourth-order valence-electron chi connectivity index (χ4n) is 2.13. The van der Waals surface area contributed by atoms with Gasteiger partial charge in [-0.25, -0.2) is 14.4 Å². The number of rotatable bonds is 3. The lowest BCUT2D eigenvalue weighted by Crippen LogP contribution is -1.97. The first-order valence-electron chi connectivity index (χ1n) is 5.95. The fourth-order valence-corrected chi connectivity index (χ4v) is 2.66. The van der Waals surface area contributed by atoms with Crippen molar-refractivity contribution >= 4 is 27.0 Å². The Labute approximate surface area is 118 Å². The van der Waals surface area contributed by atoms with Crippen molar-refractivity contribution in [2.45, 2.75) is 12.8 Å². The molecule has 0 fully saturated rings. The standard InChI is InChI=1S/C14H11BrFN3/c15-11-7-17-14-13(11)12(18-8-19-14)5-4-9-2-1-3-10(16)6-9/h1-3,6-8H,4-5H2,(H,17,18,19). The molecule has 2 aromatic heterocycles. The van der Waals surface area contributed by atoms with Crippen molar-refractivity contribution in [3.63, 3.8) is 0 Å². The molecule has 0 radical (unpaired) electrons. The summed E-state index contributed by atoms with van der Waals surface area (Å²) in [5, 5.41) is 0.999. The molecule has 0 amide bonds. The van der Waals surface area contributed by atoms with Gasteiger partial charge in [-0.1, -0.05) is 12.1 Å². The first-order chi connectivity index (χ1) is 9.24. The highest BCUT2D eigenvalue weighted by Gasteiger charge is 2.09. The Morgan fingerprint density at radius 2 is 2.11 bits per heavy atom. The maximum Gasteiger partial charge on any atom is 0.142 e. The van der Waals surface area contributed by atoms with E-state index in [1.807, 2.05) is 12.3 Å². The van der Waals surface area contributed by atoms with E-state index in [9.17, 15) is 4.39 Å². The van der Waals surface area contributed by atoms with Crippen LogP contribution in [0.4, 0.5) is 4.39 Å². The van der Waals surface area contributed by atoms with Crippen LogP contribution in [0, 0.1) is 5.82 Å². The van der Waals surface area contributed by atoms with Gasteiger partial charge >= 0.3 is 0 Å². The van der Waals surface area contributed by atoms with Gasteiger partial charge in [-0.15, -0.1) is 0 Å². The maximum atomic E-state index is 13.1. The van der Waals surface area contributed by atoms with E-state index in [1.165, 1.54) is 6.07 Å². The van der Waals surface area contributed by atoms with E-state index in [1.54, 1.807) is 18.5 Å². The molecule has 0 bridgehead atoms. The molecule has 1 N–H and O–H groups in total. The van der Waals surface area contributed by atoms with Crippen LogP contribution in [0.15, 0.2) is 41.3 Å². The summed E-state index contributed by atoms with van der Waals surface area (Å²) in [7, 11) is 0. The third-order valence-electron chi connectivity index (χ3n) is 3.04. The molecule has 0 aliphatic carbocycles. The van der Waals surface area contributed by atoms with E-state index in [-0.39, 0.29) is 5.82 Å². The highest BCUT2D eigenvalue weighted by Crippen LogP contribution is 2.25. The third kappa shape index (κ3) is 2.51. The molecule has 0 aliphatic rings. The van der Waals surface area contributed by atoms with Gasteiger partial charge in [0, 0.05) is 10.7 Å².